The van der Waals surface area contributed by atoms with Gasteiger partial charge in [-0.15, -0.1) is 0 Å². The second kappa shape index (κ2) is 8.12. The van der Waals surface area contributed by atoms with Crippen molar-refractivity contribution in [2.24, 2.45) is 0 Å². The van der Waals surface area contributed by atoms with Gasteiger partial charge in [-0.05, 0) is 54.6 Å². The van der Waals surface area contributed by atoms with Crippen molar-refractivity contribution in [2.75, 3.05) is 5.06 Å². The first-order valence-corrected chi connectivity index (χ1v) is 9.50. The first-order chi connectivity index (χ1) is 13.7. The van der Waals surface area contributed by atoms with E-state index in [1.54, 1.807) is 65.0 Å². The predicted molar refractivity (Wildman–Crippen MR) is 109 cm³/mol. The van der Waals surface area contributed by atoms with E-state index in [0.717, 1.165) is 15.6 Å². The third-order valence-corrected chi connectivity index (χ3v) is 5.04. The van der Waals surface area contributed by atoms with E-state index >= 15 is 0 Å². The summed E-state index contributed by atoms with van der Waals surface area (Å²) >= 11 is 1.59. The molecule has 0 atom stereocenters. The summed E-state index contributed by atoms with van der Waals surface area (Å²) in [5.41, 5.74) is 1.65. The van der Waals surface area contributed by atoms with Gasteiger partial charge in [0.15, 0.2) is 0 Å². The van der Waals surface area contributed by atoms with Crippen molar-refractivity contribution < 1.29 is 10.0 Å². The molecule has 138 valence electrons. The maximum Gasteiger partial charge on any atom is 0.281 e. The Kier molecular flexibility index (Phi) is 5.23. The number of hydroxylamine groups is 1. The van der Waals surface area contributed by atoms with E-state index in [0.29, 0.717) is 16.3 Å². The minimum Gasteiger partial charge on any atom is -0.281 e. The van der Waals surface area contributed by atoms with Gasteiger partial charge in [-0.2, -0.15) is 10.2 Å². The van der Waals surface area contributed by atoms with Gasteiger partial charge in [-0.3, -0.25) is 10.0 Å². The summed E-state index contributed by atoms with van der Waals surface area (Å²) in [5, 5.41) is 16.3. The monoisotopic (exact) mass is 387 g/mol. The molecule has 1 aromatic heterocycles. The summed E-state index contributed by atoms with van der Waals surface area (Å²) in [4.78, 5) is 13.5. The molecule has 0 aliphatic heterocycles. The van der Waals surface area contributed by atoms with Gasteiger partial charge in [-0.25, -0.2) is 4.68 Å². The largest absolute Gasteiger partial charge is 0.281 e. The van der Waals surface area contributed by atoms with E-state index < -0.39 is 5.91 Å². The summed E-state index contributed by atoms with van der Waals surface area (Å²) in [6.45, 7) is 0. The molecule has 4 rings (SSSR count). The summed E-state index contributed by atoms with van der Waals surface area (Å²) in [6, 6.07) is 27.6. The Morgan fingerprint density at radius 2 is 1.50 bits per heavy atom. The molecule has 0 bridgehead atoms. The smallest absolute Gasteiger partial charge is 0.281 e. The zero-order chi connectivity index (χ0) is 19.3. The number of anilines is 1. The normalized spacial score (nSPS) is 10.6. The van der Waals surface area contributed by atoms with Crippen LogP contribution in [0.1, 0.15) is 10.4 Å². The lowest BCUT2D eigenvalue weighted by molar-refractivity contribution is 0.0855. The molecule has 3 aromatic carbocycles. The average Bonchev–Trinajstić information content (AvgIpc) is 3.22. The van der Waals surface area contributed by atoms with Crippen LogP contribution in [-0.4, -0.2) is 20.9 Å². The SMILES string of the molecule is O=C(c1ccccc1)N(O)c1ccc(-n2ccc(Sc3ccccc3)n2)cc1. The Hall–Kier alpha value is -3.35. The number of hydrogen-bond acceptors (Lipinski definition) is 4. The molecule has 0 radical (unpaired) electrons. The highest BCUT2D eigenvalue weighted by Gasteiger charge is 2.15. The van der Waals surface area contributed by atoms with Crippen LogP contribution < -0.4 is 5.06 Å². The highest BCUT2D eigenvalue weighted by molar-refractivity contribution is 7.99. The van der Waals surface area contributed by atoms with Gasteiger partial charge in [-0.1, -0.05) is 48.2 Å². The van der Waals surface area contributed by atoms with Crippen molar-refractivity contribution in [1.82, 2.24) is 9.78 Å². The number of carbonyl (C=O) groups excluding carboxylic acids is 1. The minimum absolute atomic E-state index is 0.392. The van der Waals surface area contributed by atoms with Gasteiger partial charge in [0.25, 0.3) is 5.91 Å². The molecule has 4 aromatic rings. The molecule has 1 heterocycles. The number of benzene rings is 3. The lowest BCUT2D eigenvalue weighted by Crippen LogP contribution is -2.26. The van der Waals surface area contributed by atoms with Crippen LogP contribution in [0, 0.1) is 0 Å². The zero-order valence-corrected chi connectivity index (χ0v) is 15.7. The van der Waals surface area contributed by atoms with Gasteiger partial charge in [0, 0.05) is 16.7 Å². The van der Waals surface area contributed by atoms with Crippen molar-refractivity contribution in [2.45, 2.75) is 9.92 Å². The third-order valence-electron chi connectivity index (χ3n) is 4.10. The Morgan fingerprint density at radius 3 is 2.18 bits per heavy atom. The van der Waals surface area contributed by atoms with Gasteiger partial charge in [0.1, 0.15) is 5.03 Å². The molecule has 0 fully saturated rings. The molecule has 0 spiro atoms. The number of nitrogens with zero attached hydrogens (tertiary/aromatic N) is 3. The van der Waals surface area contributed by atoms with Crippen molar-refractivity contribution in [3.8, 4) is 5.69 Å². The Morgan fingerprint density at radius 1 is 0.857 bits per heavy atom. The summed E-state index contributed by atoms with van der Waals surface area (Å²) in [6.07, 6.45) is 1.88. The summed E-state index contributed by atoms with van der Waals surface area (Å²) in [5.74, 6) is -0.478. The molecule has 0 saturated carbocycles. The van der Waals surface area contributed by atoms with E-state index in [-0.39, 0.29) is 0 Å². The molecule has 6 heteroatoms. The van der Waals surface area contributed by atoms with Crippen LogP contribution in [0.2, 0.25) is 0 Å². The van der Waals surface area contributed by atoms with Crippen LogP contribution in [-0.2, 0) is 0 Å². The average molecular weight is 387 g/mol. The molecule has 1 N–H and O–H groups in total. The van der Waals surface area contributed by atoms with Crippen molar-refractivity contribution in [3.63, 3.8) is 0 Å². The van der Waals surface area contributed by atoms with E-state index in [9.17, 15) is 10.0 Å². The van der Waals surface area contributed by atoms with E-state index in [2.05, 4.69) is 5.10 Å². The maximum absolute atomic E-state index is 12.3. The molecule has 28 heavy (non-hydrogen) atoms. The number of carbonyl (C=O) groups is 1. The van der Waals surface area contributed by atoms with Gasteiger partial charge < -0.3 is 0 Å². The standard InChI is InChI=1S/C22H17N3O2S/c26-22(17-7-3-1-4-8-17)25(27)19-13-11-18(12-14-19)24-16-15-21(23-24)28-20-9-5-2-6-10-20/h1-16,27H. The summed E-state index contributed by atoms with van der Waals surface area (Å²) in [7, 11) is 0. The van der Waals surface area contributed by atoms with Crippen LogP contribution in [0.4, 0.5) is 5.69 Å². The minimum atomic E-state index is -0.478. The fourth-order valence-electron chi connectivity index (χ4n) is 2.68. The molecule has 0 aliphatic rings. The molecule has 5 nitrogen and oxygen atoms in total. The Balaban J connectivity index is 1.48. The second-order valence-corrected chi connectivity index (χ2v) is 7.11. The van der Waals surface area contributed by atoms with Gasteiger partial charge >= 0.3 is 0 Å². The number of hydrogen-bond donors (Lipinski definition) is 1. The Bertz CT molecular complexity index is 1060. The highest BCUT2D eigenvalue weighted by Crippen LogP contribution is 2.26. The topological polar surface area (TPSA) is 58.4 Å². The van der Waals surface area contributed by atoms with Crippen LogP contribution in [0.25, 0.3) is 5.69 Å². The maximum atomic E-state index is 12.3. The van der Waals surface area contributed by atoms with E-state index in [1.165, 1.54) is 0 Å². The summed E-state index contributed by atoms with van der Waals surface area (Å²) < 4.78 is 1.76. The first-order valence-electron chi connectivity index (χ1n) is 8.68. The van der Waals surface area contributed by atoms with Crippen LogP contribution >= 0.6 is 11.8 Å². The Labute approximate surface area is 166 Å². The predicted octanol–water partition coefficient (Wildman–Crippen LogP) is 5.06. The van der Waals surface area contributed by atoms with E-state index in [4.69, 9.17) is 0 Å². The highest BCUT2D eigenvalue weighted by atomic mass is 32.2. The molecule has 1 amide bonds. The second-order valence-electron chi connectivity index (χ2n) is 6.01. The van der Waals surface area contributed by atoms with Crippen LogP contribution in [0.5, 0.6) is 0 Å². The molecular formula is C22H17N3O2S. The third kappa shape index (κ3) is 3.98. The van der Waals surface area contributed by atoms with Crippen LogP contribution in [0.3, 0.4) is 0 Å². The zero-order valence-electron chi connectivity index (χ0n) is 14.8. The number of rotatable bonds is 5. The molecular weight excluding hydrogens is 370 g/mol. The van der Waals surface area contributed by atoms with Crippen molar-refractivity contribution in [3.05, 3.63) is 103 Å². The number of amides is 1. The van der Waals surface area contributed by atoms with Crippen molar-refractivity contribution >= 4 is 23.4 Å². The fraction of sp³-hybridized carbons (Fsp3) is 0. The quantitative estimate of drug-likeness (QED) is 0.384. The van der Waals surface area contributed by atoms with Crippen LogP contribution in [0.15, 0.2) is 107 Å². The fourth-order valence-corrected chi connectivity index (χ4v) is 3.47. The van der Waals surface area contributed by atoms with E-state index in [1.807, 2.05) is 48.7 Å². The van der Waals surface area contributed by atoms with Crippen molar-refractivity contribution in [1.29, 1.82) is 0 Å². The molecule has 0 unspecified atom stereocenters. The molecule has 0 aliphatic carbocycles. The van der Waals surface area contributed by atoms with Gasteiger partial charge in [0.2, 0.25) is 0 Å². The lowest BCUT2D eigenvalue weighted by atomic mass is 10.2. The van der Waals surface area contributed by atoms with Gasteiger partial charge in [0.05, 0.1) is 11.4 Å². The molecule has 0 saturated heterocycles. The first kappa shape index (κ1) is 18.0. The number of aromatic nitrogens is 2. The lowest BCUT2D eigenvalue weighted by Gasteiger charge is -2.15.